The van der Waals surface area contributed by atoms with Gasteiger partial charge in [0.15, 0.2) is 5.82 Å². The summed E-state index contributed by atoms with van der Waals surface area (Å²) in [4.78, 5) is 1.19. The van der Waals surface area contributed by atoms with E-state index in [1.165, 1.54) is 4.88 Å². The molecular formula is C12H13BrN4S2. The monoisotopic (exact) mass is 356 g/mol. The summed E-state index contributed by atoms with van der Waals surface area (Å²) in [5.74, 6) is 0.941. The molecule has 0 unspecified atom stereocenters. The van der Waals surface area contributed by atoms with E-state index in [-0.39, 0.29) is 5.41 Å². The lowest BCUT2D eigenvalue weighted by atomic mass is 9.96. The van der Waals surface area contributed by atoms with Gasteiger partial charge < -0.3 is 0 Å². The van der Waals surface area contributed by atoms with Crippen LogP contribution in [0.25, 0.3) is 5.70 Å². The van der Waals surface area contributed by atoms with E-state index in [4.69, 9.17) is 0 Å². The van der Waals surface area contributed by atoms with E-state index in [9.17, 15) is 0 Å². The number of thioether (sulfide) groups is 1. The molecule has 0 atom stereocenters. The Morgan fingerprint density at radius 2 is 2.05 bits per heavy atom. The molecule has 0 aromatic carbocycles. The molecule has 3 heterocycles. The molecule has 0 spiro atoms. The van der Waals surface area contributed by atoms with Gasteiger partial charge in [0.2, 0.25) is 5.16 Å². The van der Waals surface area contributed by atoms with Crippen LogP contribution in [0.3, 0.4) is 0 Å². The van der Waals surface area contributed by atoms with E-state index in [0.29, 0.717) is 0 Å². The van der Waals surface area contributed by atoms with E-state index in [1.54, 1.807) is 23.1 Å². The number of hydrogen-bond donors (Lipinski definition) is 1. The van der Waals surface area contributed by atoms with Gasteiger partial charge in [-0.1, -0.05) is 32.5 Å². The fourth-order valence-electron chi connectivity index (χ4n) is 1.76. The molecule has 2 aromatic heterocycles. The molecule has 0 fully saturated rings. The quantitative estimate of drug-likeness (QED) is 0.836. The summed E-state index contributed by atoms with van der Waals surface area (Å²) in [7, 11) is 0. The molecule has 2 aromatic rings. The Hall–Kier alpha value is -0.790. The van der Waals surface area contributed by atoms with E-state index in [2.05, 4.69) is 69.9 Å². The highest BCUT2D eigenvalue weighted by atomic mass is 79.9. The van der Waals surface area contributed by atoms with Crippen molar-refractivity contribution in [3.8, 4) is 0 Å². The second kappa shape index (κ2) is 4.64. The lowest BCUT2D eigenvalue weighted by molar-refractivity contribution is 0.520. The summed E-state index contributed by atoms with van der Waals surface area (Å²) in [6, 6.07) is 4.15. The Kier molecular flexibility index (Phi) is 3.23. The fraction of sp³-hybridized carbons (Fsp3) is 0.333. The molecule has 100 valence electrons. The summed E-state index contributed by atoms with van der Waals surface area (Å²) >= 11 is 6.79. The van der Waals surface area contributed by atoms with E-state index in [0.717, 1.165) is 20.5 Å². The third kappa shape index (κ3) is 2.46. The maximum absolute atomic E-state index is 4.29. The molecule has 0 aliphatic carbocycles. The van der Waals surface area contributed by atoms with Crippen molar-refractivity contribution in [3.63, 3.8) is 0 Å². The predicted octanol–water partition coefficient (Wildman–Crippen LogP) is 4.05. The van der Waals surface area contributed by atoms with Crippen molar-refractivity contribution >= 4 is 44.7 Å². The van der Waals surface area contributed by atoms with Gasteiger partial charge in [-0.25, -0.2) is 4.68 Å². The first-order valence-electron chi connectivity index (χ1n) is 5.80. The molecule has 0 radical (unpaired) electrons. The largest absolute Gasteiger partial charge is 0.289 e. The van der Waals surface area contributed by atoms with Gasteiger partial charge >= 0.3 is 0 Å². The molecule has 0 amide bonds. The topological polar surface area (TPSA) is 42.7 Å². The maximum atomic E-state index is 4.29. The van der Waals surface area contributed by atoms with Crippen LogP contribution < -0.4 is 5.43 Å². The average Bonchev–Trinajstić information content (AvgIpc) is 2.92. The number of thiophene rings is 1. The van der Waals surface area contributed by atoms with Crippen molar-refractivity contribution < 1.29 is 0 Å². The molecule has 0 saturated carbocycles. The molecule has 7 heteroatoms. The van der Waals surface area contributed by atoms with Crippen molar-refractivity contribution in [1.29, 1.82) is 0 Å². The SMILES string of the molecule is CC(C)(C)c1nnc2n1NC(c1ccc(Br)s1)=CS2. The van der Waals surface area contributed by atoms with Gasteiger partial charge in [-0.05, 0) is 28.1 Å². The Labute approximate surface area is 128 Å². The molecule has 4 nitrogen and oxygen atoms in total. The zero-order chi connectivity index (χ0) is 13.6. The summed E-state index contributed by atoms with van der Waals surface area (Å²) < 4.78 is 3.11. The minimum atomic E-state index is -0.0444. The van der Waals surface area contributed by atoms with Crippen molar-refractivity contribution in [2.45, 2.75) is 31.3 Å². The van der Waals surface area contributed by atoms with Crippen molar-refractivity contribution in [1.82, 2.24) is 14.9 Å². The smallest absolute Gasteiger partial charge is 0.214 e. The Balaban J connectivity index is 1.96. The van der Waals surface area contributed by atoms with Gasteiger partial charge in [0.25, 0.3) is 0 Å². The standard InChI is InChI=1S/C12H13BrN4S2/c1-12(2,3)10-14-15-11-17(10)16-7(6-18-11)8-4-5-9(13)19-8/h4-6,16H,1-3H3. The first-order chi connectivity index (χ1) is 8.95. The zero-order valence-electron chi connectivity index (χ0n) is 10.8. The van der Waals surface area contributed by atoms with Crippen LogP contribution >= 0.6 is 39.0 Å². The Morgan fingerprint density at radius 3 is 2.68 bits per heavy atom. The minimum Gasteiger partial charge on any atom is -0.289 e. The van der Waals surface area contributed by atoms with Crippen LogP contribution in [0, 0.1) is 0 Å². The maximum Gasteiger partial charge on any atom is 0.214 e. The van der Waals surface area contributed by atoms with Gasteiger partial charge in [-0.15, -0.1) is 21.5 Å². The molecule has 0 saturated heterocycles. The third-order valence-corrected chi connectivity index (χ3v) is 5.14. The van der Waals surface area contributed by atoms with Gasteiger partial charge in [0.05, 0.1) is 14.4 Å². The van der Waals surface area contributed by atoms with Crippen molar-refractivity contribution in [3.05, 3.63) is 32.0 Å². The van der Waals surface area contributed by atoms with Crippen LogP contribution in [0.5, 0.6) is 0 Å². The summed E-state index contributed by atoms with van der Waals surface area (Å²) in [5, 5.41) is 11.5. The number of halogens is 1. The van der Waals surface area contributed by atoms with Gasteiger partial charge in [-0.3, -0.25) is 5.43 Å². The first-order valence-corrected chi connectivity index (χ1v) is 8.29. The molecule has 0 bridgehead atoms. The number of hydrogen-bond acceptors (Lipinski definition) is 5. The van der Waals surface area contributed by atoms with Crippen LogP contribution in [0.1, 0.15) is 31.5 Å². The lowest BCUT2D eigenvalue weighted by Gasteiger charge is -2.23. The van der Waals surface area contributed by atoms with Gasteiger partial charge in [0, 0.05) is 10.8 Å². The first kappa shape index (κ1) is 13.2. The van der Waals surface area contributed by atoms with Crippen LogP contribution in [0.4, 0.5) is 0 Å². The predicted molar refractivity (Wildman–Crippen MR) is 83.9 cm³/mol. The average molecular weight is 357 g/mol. The number of rotatable bonds is 1. The lowest BCUT2D eigenvalue weighted by Crippen LogP contribution is -2.26. The Morgan fingerprint density at radius 1 is 1.26 bits per heavy atom. The number of nitrogens with one attached hydrogen (secondary N) is 1. The van der Waals surface area contributed by atoms with E-state index in [1.807, 2.05) is 4.68 Å². The van der Waals surface area contributed by atoms with Crippen LogP contribution in [-0.4, -0.2) is 14.9 Å². The van der Waals surface area contributed by atoms with Crippen molar-refractivity contribution in [2.75, 3.05) is 5.43 Å². The van der Waals surface area contributed by atoms with E-state index >= 15 is 0 Å². The highest BCUT2D eigenvalue weighted by Gasteiger charge is 2.26. The number of aromatic nitrogens is 3. The highest BCUT2D eigenvalue weighted by molar-refractivity contribution is 9.11. The molecule has 1 aliphatic rings. The third-order valence-electron chi connectivity index (χ3n) is 2.66. The van der Waals surface area contributed by atoms with Crippen molar-refractivity contribution in [2.24, 2.45) is 0 Å². The molecular weight excluding hydrogens is 344 g/mol. The second-order valence-corrected chi connectivity index (χ2v) is 8.56. The molecule has 3 rings (SSSR count). The highest BCUT2D eigenvalue weighted by Crippen LogP contribution is 2.34. The Bertz CT molecular complexity index is 651. The molecule has 1 aliphatic heterocycles. The molecule has 19 heavy (non-hydrogen) atoms. The van der Waals surface area contributed by atoms with E-state index < -0.39 is 0 Å². The summed E-state index contributed by atoms with van der Waals surface area (Å²) in [5.41, 5.74) is 4.44. The molecule has 1 N–H and O–H groups in total. The fourth-order valence-corrected chi connectivity index (χ4v) is 3.92. The second-order valence-electron chi connectivity index (χ2n) is 5.26. The number of nitrogens with zero attached hydrogens (tertiary/aromatic N) is 3. The van der Waals surface area contributed by atoms with Gasteiger partial charge in [-0.2, -0.15) is 0 Å². The zero-order valence-corrected chi connectivity index (χ0v) is 14.0. The summed E-state index contributed by atoms with van der Waals surface area (Å²) in [6.45, 7) is 6.41. The minimum absolute atomic E-state index is 0.0444. The van der Waals surface area contributed by atoms with Crippen LogP contribution in [0.15, 0.2) is 26.5 Å². The van der Waals surface area contributed by atoms with Gasteiger partial charge in [0.1, 0.15) is 0 Å². The number of fused-ring (bicyclic) bond motifs is 1. The van der Waals surface area contributed by atoms with Crippen LogP contribution in [-0.2, 0) is 5.41 Å². The van der Waals surface area contributed by atoms with Crippen LogP contribution in [0.2, 0.25) is 0 Å². The normalized spacial score (nSPS) is 14.8. The summed E-state index contributed by atoms with van der Waals surface area (Å²) in [6.07, 6.45) is 0.